The van der Waals surface area contributed by atoms with Crippen LogP contribution in [0.2, 0.25) is 0 Å². The molecule has 1 amide bonds. The number of fused-ring (bicyclic) bond motifs is 1. The number of rotatable bonds is 2. The fourth-order valence-corrected chi connectivity index (χ4v) is 4.54. The third-order valence-electron chi connectivity index (χ3n) is 3.95. The number of nitrogens with zero attached hydrogens (tertiary/aromatic N) is 2. The summed E-state index contributed by atoms with van der Waals surface area (Å²) in [5.41, 5.74) is 1.16. The Hall–Kier alpha value is -2.34. The molecule has 0 aromatic heterocycles. The van der Waals surface area contributed by atoms with Crippen LogP contribution >= 0.6 is 0 Å². The second-order valence-corrected chi connectivity index (χ2v) is 7.44. The summed E-state index contributed by atoms with van der Waals surface area (Å²) in [7, 11) is -3.66. The predicted octanol–water partition coefficient (Wildman–Crippen LogP) is 2.64. The summed E-state index contributed by atoms with van der Waals surface area (Å²) in [6, 6.07) is 15.2. The number of benzene rings is 2. The molecule has 120 valence electrons. The predicted molar refractivity (Wildman–Crippen MR) is 90.0 cm³/mol. The van der Waals surface area contributed by atoms with Crippen LogP contribution in [0.4, 0.5) is 11.4 Å². The number of sulfonamides is 1. The number of amides is 1. The lowest BCUT2D eigenvalue weighted by Gasteiger charge is -2.40. The molecule has 0 aliphatic carbocycles. The van der Waals surface area contributed by atoms with Crippen LogP contribution in [0, 0.1) is 0 Å². The van der Waals surface area contributed by atoms with Gasteiger partial charge in [0.1, 0.15) is 0 Å². The molecule has 2 aromatic carbocycles. The average Bonchev–Trinajstić information content (AvgIpc) is 2.54. The van der Waals surface area contributed by atoms with Crippen LogP contribution in [0.5, 0.6) is 0 Å². The van der Waals surface area contributed by atoms with Crippen molar-refractivity contribution in [1.82, 2.24) is 0 Å². The van der Waals surface area contributed by atoms with E-state index in [4.69, 9.17) is 0 Å². The Morgan fingerprint density at radius 3 is 2.17 bits per heavy atom. The van der Waals surface area contributed by atoms with Gasteiger partial charge in [-0.3, -0.25) is 9.10 Å². The van der Waals surface area contributed by atoms with Crippen LogP contribution < -0.4 is 9.21 Å². The van der Waals surface area contributed by atoms with E-state index in [-0.39, 0.29) is 23.4 Å². The topological polar surface area (TPSA) is 57.7 Å². The first-order valence-corrected chi connectivity index (χ1v) is 8.83. The van der Waals surface area contributed by atoms with E-state index in [2.05, 4.69) is 0 Å². The highest BCUT2D eigenvalue weighted by atomic mass is 32.2. The Kier molecular flexibility index (Phi) is 3.85. The van der Waals surface area contributed by atoms with Gasteiger partial charge in [-0.25, -0.2) is 8.42 Å². The van der Waals surface area contributed by atoms with Crippen molar-refractivity contribution in [2.45, 2.75) is 24.8 Å². The Morgan fingerprint density at radius 2 is 1.57 bits per heavy atom. The average molecular weight is 330 g/mol. The van der Waals surface area contributed by atoms with E-state index in [0.717, 1.165) is 0 Å². The Labute approximate surface area is 136 Å². The fourth-order valence-electron chi connectivity index (χ4n) is 2.96. The van der Waals surface area contributed by atoms with Crippen LogP contribution in [0.3, 0.4) is 0 Å². The smallest absolute Gasteiger partial charge is 0.264 e. The van der Waals surface area contributed by atoms with E-state index >= 15 is 0 Å². The molecule has 5 nitrogen and oxygen atoms in total. The molecule has 0 fully saturated rings. The molecule has 3 rings (SSSR count). The molecule has 0 spiro atoms. The van der Waals surface area contributed by atoms with Gasteiger partial charge in [-0.15, -0.1) is 0 Å². The summed E-state index contributed by atoms with van der Waals surface area (Å²) in [6.07, 6.45) is 0. The molecule has 23 heavy (non-hydrogen) atoms. The SMILES string of the molecule is CC(=O)N1c2ccccc2N(S(=O)(=O)c2ccccc2)CC1C. The van der Waals surface area contributed by atoms with Crippen LogP contribution in [0.25, 0.3) is 0 Å². The molecule has 1 unspecified atom stereocenters. The highest BCUT2D eigenvalue weighted by Crippen LogP contribution is 2.38. The molecule has 0 saturated carbocycles. The van der Waals surface area contributed by atoms with Crippen molar-refractivity contribution >= 4 is 27.3 Å². The molecule has 0 radical (unpaired) electrons. The van der Waals surface area contributed by atoms with Gasteiger partial charge in [0.25, 0.3) is 10.0 Å². The molecule has 1 atom stereocenters. The molecule has 1 heterocycles. The monoisotopic (exact) mass is 330 g/mol. The number of hydrogen-bond acceptors (Lipinski definition) is 3. The summed E-state index contributed by atoms with van der Waals surface area (Å²) in [5.74, 6) is -0.0956. The number of hydrogen-bond donors (Lipinski definition) is 0. The van der Waals surface area contributed by atoms with Crippen molar-refractivity contribution in [3.8, 4) is 0 Å². The highest BCUT2D eigenvalue weighted by molar-refractivity contribution is 7.92. The molecular formula is C17H18N2O3S. The molecular weight excluding hydrogens is 312 g/mol. The molecule has 0 saturated heterocycles. The van der Waals surface area contributed by atoms with E-state index < -0.39 is 10.0 Å². The zero-order valence-corrected chi connectivity index (χ0v) is 13.8. The van der Waals surface area contributed by atoms with Crippen molar-refractivity contribution in [2.24, 2.45) is 0 Å². The van der Waals surface area contributed by atoms with Crippen molar-refractivity contribution in [1.29, 1.82) is 0 Å². The largest absolute Gasteiger partial charge is 0.306 e. The van der Waals surface area contributed by atoms with Gasteiger partial charge in [0, 0.05) is 6.92 Å². The van der Waals surface area contributed by atoms with Crippen molar-refractivity contribution in [3.05, 3.63) is 54.6 Å². The van der Waals surface area contributed by atoms with E-state index in [1.54, 1.807) is 59.5 Å². The minimum absolute atomic E-state index is 0.0956. The number of para-hydroxylation sites is 2. The van der Waals surface area contributed by atoms with Crippen molar-refractivity contribution < 1.29 is 13.2 Å². The number of anilines is 2. The zero-order chi connectivity index (χ0) is 16.6. The number of carbonyl (C=O) groups excluding carboxylic acids is 1. The summed E-state index contributed by atoms with van der Waals surface area (Å²) >= 11 is 0. The second-order valence-electron chi connectivity index (χ2n) is 5.58. The van der Waals surface area contributed by atoms with E-state index in [0.29, 0.717) is 11.4 Å². The van der Waals surface area contributed by atoms with Crippen LogP contribution in [0.1, 0.15) is 13.8 Å². The van der Waals surface area contributed by atoms with Gasteiger partial charge in [0.05, 0.1) is 28.9 Å². The standard InChI is InChI=1S/C17H18N2O3S/c1-13-12-18(23(21,22)15-8-4-3-5-9-15)16-10-6-7-11-17(16)19(13)14(2)20/h3-11,13H,12H2,1-2H3. The minimum atomic E-state index is -3.66. The fraction of sp³-hybridized carbons (Fsp3) is 0.235. The Balaban J connectivity index is 2.15. The first kappa shape index (κ1) is 15.6. The molecule has 1 aliphatic rings. The van der Waals surface area contributed by atoms with Gasteiger partial charge >= 0.3 is 0 Å². The second kappa shape index (κ2) is 5.70. The first-order chi connectivity index (χ1) is 10.9. The third kappa shape index (κ3) is 2.59. The highest BCUT2D eigenvalue weighted by Gasteiger charge is 2.36. The normalized spacial score (nSPS) is 17.7. The van der Waals surface area contributed by atoms with Crippen LogP contribution in [0.15, 0.2) is 59.5 Å². The molecule has 1 aliphatic heterocycles. The first-order valence-electron chi connectivity index (χ1n) is 7.39. The van der Waals surface area contributed by atoms with Crippen molar-refractivity contribution in [2.75, 3.05) is 15.7 Å². The van der Waals surface area contributed by atoms with Gasteiger partial charge < -0.3 is 4.90 Å². The molecule has 0 bridgehead atoms. The summed E-state index contributed by atoms with van der Waals surface area (Å²) < 4.78 is 27.4. The lowest BCUT2D eigenvalue weighted by molar-refractivity contribution is -0.117. The lowest BCUT2D eigenvalue weighted by Crippen LogP contribution is -2.51. The van der Waals surface area contributed by atoms with Crippen LogP contribution in [-0.4, -0.2) is 26.9 Å². The van der Waals surface area contributed by atoms with Crippen molar-refractivity contribution in [3.63, 3.8) is 0 Å². The van der Waals surface area contributed by atoms with Gasteiger partial charge in [-0.05, 0) is 31.2 Å². The quantitative estimate of drug-likeness (QED) is 0.850. The summed E-state index contributed by atoms with van der Waals surface area (Å²) in [6.45, 7) is 3.58. The van der Waals surface area contributed by atoms with Crippen LogP contribution in [-0.2, 0) is 14.8 Å². The minimum Gasteiger partial charge on any atom is -0.306 e. The maximum atomic E-state index is 13.0. The molecule has 2 aromatic rings. The van der Waals surface area contributed by atoms with Gasteiger partial charge in [0.2, 0.25) is 5.91 Å². The van der Waals surface area contributed by atoms with E-state index in [1.807, 2.05) is 6.92 Å². The number of carbonyl (C=O) groups is 1. The van der Waals surface area contributed by atoms with Gasteiger partial charge in [-0.1, -0.05) is 30.3 Å². The van der Waals surface area contributed by atoms with E-state index in [9.17, 15) is 13.2 Å². The van der Waals surface area contributed by atoms with E-state index in [1.165, 1.54) is 11.2 Å². The molecule has 0 N–H and O–H groups in total. The third-order valence-corrected chi connectivity index (χ3v) is 5.75. The summed E-state index contributed by atoms with van der Waals surface area (Å²) in [5, 5.41) is 0. The maximum Gasteiger partial charge on any atom is 0.264 e. The lowest BCUT2D eigenvalue weighted by atomic mass is 10.1. The summed E-state index contributed by atoms with van der Waals surface area (Å²) in [4.78, 5) is 13.8. The van der Waals surface area contributed by atoms with Gasteiger partial charge in [0.15, 0.2) is 0 Å². The van der Waals surface area contributed by atoms with Gasteiger partial charge in [-0.2, -0.15) is 0 Å². The maximum absolute atomic E-state index is 13.0. The zero-order valence-electron chi connectivity index (χ0n) is 13.0. The Morgan fingerprint density at radius 1 is 1.00 bits per heavy atom. The Bertz CT molecular complexity index is 834. The molecule has 6 heteroatoms.